The minimum absolute atomic E-state index is 0.125. The number of fused-ring (bicyclic) bond motifs is 1. The summed E-state index contributed by atoms with van der Waals surface area (Å²) in [5, 5.41) is 14.2. The molecule has 1 aliphatic rings. The first-order valence-corrected chi connectivity index (χ1v) is 5.29. The van der Waals surface area contributed by atoms with Crippen molar-refractivity contribution in [1.82, 2.24) is 14.8 Å². The molecule has 1 aliphatic carbocycles. The van der Waals surface area contributed by atoms with Gasteiger partial charge in [0.1, 0.15) is 6.54 Å². The molecule has 2 aromatic heterocycles. The third-order valence-corrected chi connectivity index (χ3v) is 2.78. The summed E-state index contributed by atoms with van der Waals surface area (Å²) in [6, 6.07) is 3.82. The lowest BCUT2D eigenvalue weighted by molar-refractivity contribution is -0.137. The minimum Gasteiger partial charge on any atom is -0.480 e. The fourth-order valence-corrected chi connectivity index (χ4v) is 1.93. The normalized spacial score (nSPS) is 15.5. The molecule has 82 valence electrons. The van der Waals surface area contributed by atoms with Crippen LogP contribution in [0.2, 0.25) is 0 Å². The predicted molar refractivity (Wildman–Crippen MR) is 57.1 cm³/mol. The summed E-state index contributed by atoms with van der Waals surface area (Å²) >= 11 is 0. The van der Waals surface area contributed by atoms with E-state index in [0.717, 1.165) is 23.9 Å². The number of rotatable bonds is 3. The number of pyridine rings is 1. The monoisotopic (exact) mass is 217 g/mol. The molecule has 16 heavy (non-hydrogen) atoms. The van der Waals surface area contributed by atoms with Gasteiger partial charge in [-0.15, -0.1) is 0 Å². The van der Waals surface area contributed by atoms with Crippen molar-refractivity contribution in [3.05, 3.63) is 24.0 Å². The van der Waals surface area contributed by atoms with E-state index in [1.54, 1.807) is 6.20 Å². The first-order chi connectivity index (χ1) is 7.75. The van der Waals surface area contributed by atoms with Gasteiger partial charge in [0.25, 0.3) is 0 Å². The second kappa shape index (κ2) is 3.30. The predicted octanol–water partition coefficient (Wildman–Crippen LogP) is 1.39. The van der Waals surface area contributed by atoms with Crippen LogP contribution < -0.4 is 0 Å². The van der Waals surface area contributed by atoms with Gasteiger partial charge in [0.15, 0.2) is 5.65 Å². The van der Waals surface area contributed by atoms with Crippen molar-refractivity contribution in [3.8, 4) is 0 Å². The molecule has 0 aromatic carbocycles. The van der Waals surface area contributed by atoms with Gasteiger partial charge < -0.3 is 5.11 Å². The number of nitrogens with zero attached hydrogens (tertiary/aromatic N) is 3. The van der Waals surface area contributed by atoms with Crippen LogP contribution in [-0.2, 0) is 11.3 Å². The summed E-state index contributed by atoms with van der Waals surface area (Å²) in [6.07, 6.45) is 3.96. The van der Waals surface area contributed by atoms with Crippen LogP contribution in [0.15, 0.2) is 18.3 Å². The molecular weight excluding hydrogens is 206 g/mol. The lowest BCUT2D eigenvalue weighted by Gasteiger charge is -1.96. The van der Waals surface area contributed by atoms with Gasteiger partial charge >= 0.3 is 5.97 Å². The Morgan fingerprint density at radius 2 is 2.38 bits per heavy atom. The van der Waals surface area contributed by atoms with Crippen molar-refractivity contribution in [2.24, 2.45) is 0 Å². The molecule has 0 unspecified atom stereocenters. The first kappa shape index (κ1) is 9.33. The number of hydrogen-bond donors (Lipinski definition) is 1. The fourth-order valence-electron chi connectivity index (χ4n) is 1.93. The quantitative estimate of drug-likeness (QED) is 0.843. The molecular formula is C11H11N3O2. The number of carboxylic acids is 1. The molecule has 2 aromatic rings. The van der Waals surface area contributed by atoms with E-state index in [4.69, 9.17) is 5.11 Å². The summed E-state index contributed by atoms with van der Waals surface area (Å²) < 4.78 is 1.48. The molecule has 0 saturated heterocycles. The molecule has 5 nitrogen and oxygen atoms in total. The Balaban J connectivity index is 2.16. The van der Waals surface area contributed by atoms with E-state index in [1.165, 1.54) is 4.68 Å². The van der Waals surface area contributed by atoms with Gasteiger partial charge in [0.05, 0.1) is 5.69 Å². The van der Waals surface area contributed by atoms with Gasteiger partial charge in [-0.2, -0.15) is 5.10 Å². The third-order valence-electron chi connectivity index (χ3n) is 2.78. The molecule has 2 heterocycles. The Morgan fingerprint density at radius 1 is 1.56 bits per heavy atom. The maximum atomic E-state index is 10.7. The SMILES string of the molecule is O=C(O)Cn1nc(C2CC2)c2cccnc21. The Hall–Kier alpha value is -1.91. The number of aromatic nitrogens is 3. The Labute approximate surface area is 91.7 Å². The van der Waals surface area contributed by atoms with E-state index in [1.807, 2.05) is 12.1 Å². The Morgan fingerprint density at radius 3 is 3.06 bits per heavy atom. The molecule has 0 amide bonds. The van der Waals surface area contributed by atoms with Crippen LogP contribution in [0.1, 0.15) is 24.5 Å². The molecule has 0 atom stereocenters. The van der Waals surface area contributed by atoms with E-state index in [9.17, 15) is 4.79 Å². The van der Waals surface area contributed by atoms with Gasteiger partial charge in [-0.05, 0) is 25.0 Å². The van der Waals surface area contributed by atoms with Crippen LogP contribution in [0.3, 0.4) is 0 Å². The van der Waals surface area contributed by atoms with Crippen molar-refractivity contribution in [3.63, 3.8) is 0 Å². The van der Waals surface area contributed by atoms with Crippen LogP contribution in [0.4, 0.5) is 0 Å². The van der Waals surface area contributed by atoms with Crippen LogP contribution in [-0.4, -0.2) is 25.8 Å². The van der Waals surface area contributed by atoms with Gasteiger partial charge in [0.2, 0.25) is 0 Å². The lowest BCUT2D eigenvalue weighted by atomic mass is 10.2. The van der Waals surface area contributed by atoms with E-state index >= 15 is 0 Å². The Kier molecular flexibility index (Phi) is 1.92. The first-order valence-electron chi connectivity index (χ1n) is 5.29. The summed E-state index contributed by atoms with van der Waals surface area (Å²) in [5.41, 5.74) is 1.68. The summed E-state index contributed by atoms with van der Waals surface area (Å²) in [5.74, 6) is -0.390. The van der Waals surface area contributed by atoms with Crippen molar-refractivity contribution >= 4 is 17.0 Å². The number of carboxylic acid groups (broad SMARTS) is 1. The smallest absolute Gasteiger partial charge is 0.325 e. The van der Waals surface area contributed by atoms with Gasteiger partial charge in [-0.1, -0.05) is 0 Å². The summed E-state index contributed by atoms with van der Waals surface area (Å²) in [4.78, 5) is 14.9. The van der Waals surface area contributed by atoms with Gasteiger partial charge in [-0.3, -0.25) is 4.79 Å². The van der Waals surface area contributed by atoms with Gasteiger partial charge in [0, 0.05) is 17.5 Å². The Bertz CT molecular complexity index is 557. The van der Waals surface area contributed by atoms with E-state index < -0.39 is 5.97 Å². The molecule has 3 rings (SSSR count). The third kappa shape index (κ3) is 1.44. The molecule has 1 saturated carbocycles. The highest BCUT2D eigenvalue weighted by Crippen LogP contribution is 2.41. The zero-order valence-electron chi connectivity index (χ0n) is 8.63. The highest BCUT2D eigenvalue weighted by atomic mass is 16.4. The lowest BCUT2D eigenvalue weighted by Crippen LogP contribution is -2.10. The maximum absolute atomic E-state index is 10.7. The second-order valence-corrected chi connectivity index (χ2v) is 4.09. The van der Waals surface area contributed by atoms with E-state index in [2.05, 4.69) is 10.1 Å². The average Bonchev–Trinajstić information content (AvgIpc) is 3.03. The second-order valence-electron chi connectivity index (χ2n) is 4.09. The highest BCUT2D eigenvalue weighted by molar-refractivity contribution is 5.80. The maximum Gasteiger partial charge on any atom is 0.325 e. The zero-order chi connectivity index (χ0) is 11.1. The molecule has 0 radical (unpaired) electrons. The van der Waals surface area contributed by atoms with Crippen molar-refractivity contribution in [2.75, 3.05) is 0 Å². The van der Waals surface area contributed by atoms with Crippen LogP contribution in [0.25, 0.3) is 11.0 Å². The highest BCUT2D eigenvalue weighted by Gasteiger charge is 2.29. The van der Waals surface area contributed by atoms with Crippen LogP contribution in [0, 0.1) is 0 Å². The molecule has 0 spiro atoms. The van der Waals surface area contributed by atoms with E-state index in [-0.39, 0.29) is 6.54 Å². The fraction of sp³-hybridized carbons (Fsp3) is 0.364. The summed E-state index contributed by atoms with van der Waals surface area (Å²) in [7, 11) is 0. The van der Waals surface area contributed by atoms with Crippen LogP contribution >= 0.6 is 0 Å². The van der Waals surface area contributed by atoms with Crippen molar-refractivity contribution in [2.45, 2.75) is 25.3 Å². The van der Waals surface area contributed by atoms with E-state index in [0.29, 0.717) is 11.6 Å². The summed E-state index contributed by atoms with van der Waals surface area (Å²) in [6.45, 7) is -0.125. The van der Waals surface area contributed by atoms with Crippen LogP contribution in [0.5, 0.6) is 0 Å². The molecule has 0 bridgehead atoms. The minimum atomic E-state index is -0.891. The van der Waals surface area contributed by atoms with Crippen molar-refractivity contribution in [1.29, 1.82) is 0 Å². The number of carbonyl (C=O) groups is 1. The van der Waals surface area contributed by atoms with Gasteiger partial charge in [-0.25, -0.2) is 9.67 Å². The number of aliphatic carboxylic acids is 1. The standard InChI is InChI=1S/C11H11N3O2/c15-9(16)6-14-11-8(2-1-5-12-11)10(13-14)7-3-4-7/h1-2,5,7H,3-4,6H2,(H,15,16). The van der Waals surface area contributed by atoms with Crippen molar-refractivity contribution < 1.29 is 9.90 Å². The molecule has 5 heteroatoms. The largest absolute Gasteiger partial charge is 0.480 e. The average molecular weight is 217 g/mol. The number of hydrogen-bond acceptors (Lipinski definition) is 3. The topological polar surface area (TPSA) is 68.0 Å². The zero-order valence-corrected chi connectivity index (χ0v) is 8.63. The molecule has 1 fully saturated rings. The molecule has 0 aliphatic heterocycles. The molecule has 1 N–H and O–H groups in total.